The van der Waals surface area contributed by atoms with Gasteiger partial charge in [-0.1, -0.05) is 12.1 Å². The maximum atomic E-state index is 11.4. The lowest BCUT2D eigenvalue weighted by atomic mass is 10.1. The molecule has 1 aromatic carbocycles. The zero-order valence-electron chi connectivity index (χ0n) is 11.5. The van der Waals surface area contributed by atoms with Gasteiger partial charge >= 0.3 is 0 Å². The number of nitriles is 1. The van der Waals surface area contributed by atoms with Crippen molar-refractivity contribution in [1.82, 2.24) is 10.2 Å². The van der Waals surface area contributed by atoms with Gasteiger partial charge in [-0.15, -0.1) is 0 Å². The Kier molecular flexibility index (Phi) is 4.55. The van der Waals surface area contributed by atoms with Crippen LogP contribution in [0, 0.1) is 18.3 Å². The lowest BCUT2D eigenvalue weighted by Crippen LogP contribution is -2.15. The van der Waals surface area contributed by atoms with Gasteiger partial charge in [-0.25, -0.2) is 5.10 Å². The molecule has 0 aliphatic heterocycles. The molecule has 1 aromatic heterocycles. The summed E-state index contributed by atoms with van der Waals surface area (Å²) in [6.45, 7) is 1.70. The number of halogens is 1. The Labute approximate surface area is 130 Å². The highest BCUT2D eigenvalue weighted by Crippen LogP contribution is 2.26. The van der Waals surface area contributed by atoms with Gasteiger partial charge in [0, 0.05) is 0 Å². The number of hydrogen-bond donors (Lipinski definition) is 1. The highest BCUT2D eigenvalue weighted by atomic mass is 79.9. The summed E-state index contributed by atoms with van der Waals surface area (Å²) < 4.78 is 6.01. The van der Waals surface area contributed by atoms with Crippen LogP contribution in [0.1, 0.15) is 22.4 Å². The summed E-state index contributed by atoms with van der Waals surface area (Å²) in [5.74, 6) is 0.747. The number of hydrogen-bond acceptors (Lipinski definition) is 4. The van der Waals surface area contributed by atoms with Crippen LogP contribution in [-0.2, 0) is 0 Å². The van der Waals surface area contributed by atoms with E-state index in [9.17, 15) is 4.79 Å². The Morgan fingerprint density at radius 2 is 2.19 bits per heavy atom. The SMILES string of the molecule is COc1ccc(/C=C/c2n[nH]c(=O)c(C#N)c2C)cc1Br. The van der Waals surface area contributed by atoms with Crippen LogP contribution in [0.2, 0.25) is 0 Å². The normalized spacial score (nSPS) is 10.6. The van der Waals surface area contributed by atoms with E-state index in [1.165, 1.54) is 0 Å². The van der Waals surface area contributed by atoms with Crippen LogP contribution in [0.4, 0.5) is 0 Å². The van der Waals surface area contributed by atoms with Crippen LogP contribution in [0.15, 0.2) is 27.5 Å². The van der Waals surface area contributed by atoms with Gasteiger partial charge in [-0.3, -0.25) is 4.79 Å². The van der Waals surface area contributed by atoms with Gasteiger partial charge in [0.15, 0.2) is 0 Å². The second kappa shape index (κ2) is 6.37. The summed E-state index contributed by atoms with van der Waals surface area (Å²) >= 11 is 3.42. The molecule has 5 nitrogen and oxygen atoms in total. The molecule has 1 heterocycles. The number of aromatic amines is 1. The van der Waals surface area contributed by atoms with Gasteiger partial charge in [0.1, 0.15) is 17.4 Å². The lowest BCUT2D eigenvalue weighted by Gasteiger charge is -2.04. The van der Waals surface area contributed by atoms with Crippen molar-refractivity contribution in [2.45, 2.75) is 6.92 Å². The van der Waals surface area contributed by atoms with Crippen LogP contribution >= 0.6 is 15.9 Å². The Bertz CT molecular complexity index is 804. The van der Waals surface area contributed by atoms with Crippen LogP contribution in [0.5, 0.6) is 5.75 Å². The molecule has 0 fully saturated rings. The second-order valence-corrected chi connectivity index (χ2v) is 5.13. The van der Waals surface area contributed by atoms with E-state index in [0.29, 0.717) is 11.3 Å². The van der Waals surface area contributed by atoms with Gasteiger partial charge in [0.05, 0.1) is 17.3 Å². The molecule has 106 valence electrons. The van der Waals surface area contributed by atoms with Gasteiger partial charge in [-0.2, -0.15) is 10.4 Å². The number of methoxy groups -OCH3 is 1. The van der Waals surface area contributed by atoms with E-state index in [1.54, 1.807) is 20.1 Å². The molecular weight excluding hydrogens is 334 g/mol. The third kappa shape index (κ3) is 3.20. The summed E-state index contributed by atoms with van der Waals surface area (Å²) in [5.41, 5.74) is 1.66. The average molecular weight is 346 g/mol. The van der Waals surface area contributed by atoms with E-state index >= 15 is 0 Å². The first-order chi connectivity index (χ1) is 10.1. The highest BCUT2D eigenvalue weighted by Gasteiger charge is 2.07. The number of nitrogens with one attached hydrogen (secondary N) is 1. The molecule has 21 heavy (non-hydrogen) atoms. The molecule has 6 heteroatoms. The molecule has 2 aromatic rings. The number of rotatable bonds is 3. The van der Waals surface area contributed by atoms with E-state index in [2.05, 4.69) is 26.1 Å². The van der Waals surface area contributed by atoms with E-state index in [4.69, 9.17) is 10.00 Å². The van der Waals surface area contributed by atoms with Crippen LogP contribution in [-0.4, -0.2) is 17.3 Å². The fraction of sp³-hybridized carbons (Fsp3) is 0.133. The molecule has 0 unspecified atom stereocenters. The molecule has 0 radical (unpaired) electrons. The molecular formula is C15H12BrN3O2. The van der Waals surface area contributed by atoms with Crippen molar-refractivity contribution in [3.05, 3.63) is 55.4 Å². The molecule has 0 aliphatic carbocycles. The molecule has 1 N–H and O–H groups in total. The fourth-order valence-corrected chi connectivity index (χ4v) is 2.37. The first-order valence-electron chi connectivity index (χ1n) is 6.08. The number of nitrogens with zero attached hydrogens (tertiary/aromatic N) is 2. The monoisotopic (exact) mass is 345 g/mol. The number of H-pyrrole nitrogens is 1. The van der Waals surface area contributed by atoms with Crippen molar-refractivity contribution in [3.63, 3.8) is 0 Å². The van der Waals surface area contributed by atoms with Crippen molar-refractivity contribution in [2.75, 3.05) is 7.11 Å². The third-order valence-corrected chi connectivity index (χ3v) is 3.61. The largest absolute Gasteiger partial charge is 0.496 e. The van der Waals surface area contributed by atoms with Crippen molar-refractivity contribution in [3.8, 4) is 11.8 Å². The summed E-state index contributed by atoms with van der Waals surface area (Å²) in [5, 5.41) is 15.2. The first kappa shape index (κ1) is 15.0. The molecule has 0 saturated carbocycles. The van der Waals surface area contributed by atoms with Crippen LogP contribution in [0.25, 0.3) is 12.2 Å². The predicted molar refractivity (Wildman–Crippen MR) is 83.9 cm³/mol. The Morgan fingerprint density at radius 1 is 1.43 bits per heavy atom. The zero-order chi connectivity index (χ0) is 15.4. The lowest BCUT2D eigenvalue weighted by molar-refractivity contribution is 0.412. The van der Waals surface area contributed by atoms with Gasteiger partial charge in [0.2, 0.25) is 0 Å². The molecule has 0 atom stereocenters. The average Bonchev–Trinajstić information content (AvgIpc) is 2.47. The van der Waals surface area contributed by atoms with Gasteiger partial charge < -0.3 is 4.74 Å². The van der Waals surface area contributed by atoms with Crippen LogP contribution in [0.3, 0.4) is 0 Å². The number of ether oxygens (including phenoxy) is 1. The van der Waals surface area contributed by atoms with Gasteiger partial charge in [-0.05, 0) is 52.2 Å². The minimum absolute atomic E-state index is 0.0839. The predicted octanol–water partition coefficient (Wildman–Crippen LogP) is 2.89. The van der Waals surface area contributed by atoms with Gasteiger partial charge in [0.25, 0.3) is 5.56 Å². The van der Waals surface area contributed by atoms with Crippen molar-refractivity contribution < 1.29 is 4.74 Å². The molecule has 2 rings (SSSR count). The third-order valence-electron chi connectivity index (χ3n) is 2.99. The van der Waals surface area contributed by atoms with E-state index in [-0.39, 0.29) is 5.56 Å². The van der Waals surface area contributed by atoms with Crippen molar-refractivity contribution in [1.29, 1.82) is 5.26 Å². The standard InChI is InChI=1S/C15H12BrN3O2/c1-9-11(8-17)15(20)19-18-13(9)5-3-10-4-6-14(21-2)12(16)7-10/h3-7H,1-2H3,(H,19,20)/b5-3+. The Morgan fingerprint density at radius 3 is 2.81 bits per heavy atom. The number of aromatic nitrogens is 2. The Hall–Kier alpha value is -2.39. The summed E-state index contributed by atoms with van der Waals surface area (Å²) in [4.78, 5) is 11.4. The minimum Gasteiger partial charge on any atom is -0.496 e. The zero-order valence-corrected chi connectivity index (χ0v) is 13.1. The maximum Gasteiger partial charge on any atom is 0.282 e. The second-order valence-electron chi connectivity index (χ2n) is 4.28. The highest BCUT2D eigenvalue weighted by molar-refractivity contribution is 9.10. The maximum absolute atomic E-state index is 11.4. The summed E-state index contributed by atoms with van der Waals surface area (Å²) in [6.07, 6.45) is 3.60. The smallest absolute Gasteiger partial charge is 0.282 e. The van der Waals surface area contributed by atoms with Crippen LogP contribution < -0.4 is 10.3 Å². The van der Waals surface area contributed by atoms with Crippen molar-refractivity contribution >= 4 is 28.1 Å². The molecule has 0 spiro atoms. The van der Waals surface area contributed by atoms with E-state index in [0.717, 1.165) is 15.8 Å². The first-order valence-corrected chi connectivity index (χ1v) is 6.87. The quantitative estimate of drug-likeness (QED) is 0.927. The summed E-state index contributed by atoms with van der Waals surface area (Å²) in [7, 11) is 1.60. The van der Waals surface area contributed by atoms with Crippen molar-refractivity contribution in [2.24, 2.45) is 0 Å². The van der Waals surface area contributed by atoms with E-state index < -0.39 is 5.56 Å². The van der Waals surface area contributed by atoms with E-state index in [1.807, 2.05) is 30.3 Å². The summed E-state index contributed by atoms with van der Waals surface area (Å²) in [6, 6.07) is 7.53. The molecule has 0 amide bonds. The molecule has 0 aliphatic rings. The molecule has 0 saturated heterocycles. The topological polar surface area (TPSA) is 78.8 Å². The Balaban J connectivity index is 2.36. The minimum atomic E-state index is -0.473. The molecule has 0 bridgehead atoms. The number of benzene rings is 1. The fourth-order valence-electron chi connectivity index (χ4n) is 1.81.